The average molecular weight is 704 g/mol. The van der Waals surface area contributed by atoms with Crippen molar-refractivity contribution in [1.82, 2.24) is 24.6 Å². The van der Waals surface area contributed by atoms with Gasteiger partial charge >= 0.3 is 0 Å². The standard InChI is InChI=1S/C50H33N5/c1-6-16-34(17-7-1)35-26-28-40(29-27-35)49-51-48(39-24-14-5-15-25-39)52-50(53-49)42-31-30-41-33-44(36-18-8-2-9-19-36)55-47(43(41)32-42)45(37-20-10-3-11-21-37)46(54-55)38-22-12-4-13-23-38/h1-33H. The number of fused-ring (bicyclic) bond motifs is 3. The molecule has 0 aliphatic rings. The van der Waals surface area contributed by atoms with Crippen molar-refractivity contribution in [3.63, 3.8) is 0 Å². The van der Waals surface area contributed by atoms with Crippen molar-refractivity contribution in [2.45, 2.75) is 0 Å². The van der Waals surface area contributed by atoms with Crippen molar-refractivity contribution in [1.29, 1.82) is 0 Å². The maximum Gasteiger partial charge on any atom is 0.164 e. The number of pyridine rings is 1. The smallest absolute Gasteiger partial charge is 0.164 e. The Hall–Kier alpha value is -7.50. The van der Waals surface area contributed by atoms with E-state index < -0.39 is 0 Å². The highest BCUT2D eigenvalue weighted by Gasteiger charge is 2.22. The Morgan fingerprint density at radius 1 is 0.327 bits per heavy atom. The summed E-state index contributed by atoms with van der Waals surface area (Å²) >= 11 is 0. The van der Waals surface area contributed by atoms with Gasteiger partial charge in [-0.15, -0.1) is 0 Å². The van der Waals surface area contributed by atoms with Crippen molar-refractivity contribution in [2.75, 3.05) is 0 Å². The topological polar surface area (TPSA) is 56.0 Å². The highest BCUT2D eigenvalue weighted by molar-refractivity contribution is 6.09. The van der Waals surface area contributed by atoms with E-state index in [0.29, 0.717) is 17.5 Å². The van der Waals surface area contributed by atoms with E-state index in [-0.39, 0.29) is 0 Å². The van der Waals surface area contributed by atoms with Crippen molar-refractivity contribution in [3.8, 4) is 78.9 Å². The second kappa shape index (κ2) is 13.8. The van der Waals surface area contributed by atoms with Gasteiger partial charge in [0.2, 0.25) is 0 Å². The first-order valence-electron chi connectivity index (χ1n) is 18.4. The summed E-state index contributed by atoms with van der Waals surface area (Å²) in [6.45, 7) is 0. The Balaban J connectivity index is 1.22. The minimum absolute atomic E-state index is 0.604. The third-order valence-electron chi connectivity index (χ3n) is 10.1. The van der Waals surface area contributed by atoms with Gasteiger partial charge < -0.3 is 0 Å². The third kappa shape index (κ3) is 6.04. The van der Waals surface area contributed by atoms with Crippen LogP contribution in [0.1, 0.15) is 0 Å². The molecule has 55 heavy (non-hydrogen) atoms. The minimum Gasteiger partial charge on any atom is -0.231 e. The summed E-state index contributed by atoms with van der Waals surface area (Å²) in [4.78, 5) is 15.3. The number of hydrogen-bond donors (Lipinski definition) is 0. The van der Waals surface area contributed by atoms with Crippen LogP contribution in [0.15, 0.2) is 200 Å². The molecule has 0 N–H and O–H groups in total. The van der Waals surface area contributed by atoms with Crippen LogP contribution in [-0.2, 0) is 0 Å². The maximum absolute atomic E-state index is 5.40. The lowest BCUT2D eigenvalue weighted by Gasteiger charge is -2.13. The molecule has 10 rings (SSSR count). The van der Waals surface area contributed by atoms with Crippen LogP contribution in [0, 0.1) is 0 Å². The Morgan fingerprint density at radius 3 is 1.33 bits per heavy atom. The zero-order valence-electron chi connectivity index (χ0n) is 29.8. The summed E-state index contributed by atoms with van der Waals surface area (Å²) in [6.07, 6.45) is 0. The molecule has 0 aliphatic carbocycles. The average Bonchev–Trinajstić information content (AvgIpc) is 3.69. The van der Waals surface area contributed by atoms with Crippen LogP contribution in [0.4, 0.5) is 0 Å². The molecule has 5 heteroatoms. The van der Waals surface area contributed by atoms with Crippen LogP contribution in [0.5, 0.6) is 0 Å². The summed E-state index contributed by atoms with van der Waals surface area (Å²) in [5, 5.41) is 7.55. The van der Waals surface area contributed by atoms with E-state index in [9.17, 15) is 0 Å². The quantitative estimate of drug-likeness (QED) is 0.166. The van der Waals surface area contributed by atoms with Crippen molar-refractivity contribution in [3.05, 3.63) is 200 Å². The van der Waals surface area contributed by atoms with Gasteiger partial charge in [0.15, 0.2) is 17.5 Å². The lowest BCUT2D eigenvalue weighted by molar-refractivity contribution is 0.979. The molecule has 3 aromatic heterocycles. The molecule has 0 saturated carbocycles. The van der Waals surface area contributed by atoms with E-state index in [1.165, 1.54) is 5.56 Å². The summed E-state index contributed by atoms with van der Waals surface area (Å²) in [5.41, 5.74) is 12.3. The first kappa shape index (κ1) is 32.2. The molecule has 258 valence electrons. The molecule has 10 aromatic rings. The monoisotopic (exact) mass is 703 g/mol. The van der Waals surface area contributed by atoms with Gasteiger partial charge in [-0.05, 0) is 34.2 Å². The fourth-order valence-corrected chi connectivity index (χ4v) is 7.36. The Labute approximate surface area is 318 Å². The largest absolute Gasteiger partial charge is 0.231 e. The second-order valence-electron chi connectivity index (χ2n) is 13.5. The van der Waals surface area contributed by atoms with E-state index in [0.717, 1.165) is 72.2 Å². The third-order valence-corrected chi connectivity index (χ3v) is 10.1. The zero-order chi connectivity index (χ0) is 36.6. The summed E-state index contributed by atoms with van der Waals surface area (Å²) in [7, 11) is 0. The summed E-state index contributed by atoms with van der Waals surface area (Å²) in [6, 6.07) is 69.2. The maximum atomic E-state index is 5.40. The van der Waals surface area contributed by atoms with Gasteiger partial charge in [-0.25, -0.2) is 19.5 Å². The summed E-state index contributed by atoms with van der Waals surface area (Å²) in [5.74, 6) is 1.85. The molecule has 7 aromatic carbocycles. The Bertz CT molecular complexity index is 2930. The molecular weight excluding hydrogens is 671 g/mol. The molecule has 0 spiro atoms. The molecule has 0 bridgehead atoms. The lowest BCUT2D eigenvalue weighted by Crippen LogP contribution is -2.00. The van der Waals surface area contributed by atoms with Crippen LogP contribution in [0.25, 0.3) is 95.2 Å². The van der Waals surface area contributed by atoms with Crippen molar-refractivity contribution >= 4 is 16.3 Å². The highest BCUT2D eigenvalue weighted by atomic mass is 15.2. The van der Waals surface area contributed by atoms with Crippen LogP contribution in [0.3, 0.4) is 0 Å². The van der Waals surface area contributed by atoms with E-state index in [1.54, 1.807) is 0 Å². The number of rotatable bonds is 7. The van der Waals surface area contributed by atoms with Gasteiger partial charge in [0, 0.05) is 38.8 Å². The van der Waals surface area contributed by atoms with Crippen molar-refractivity contribution < 1.29 is 0 Å². The second-order valence-corrected chi connectivity index (χ2v) is 13.5. The molecule has 0 saturated heterocycles. The van der Waals surface area contributed by atoms with Crippen LogP contribution >= 0.6 is 0 Å². The van der Waals surface area contributed by atoms with Gasteiger partial charge in [0.25, 0.3) is 0 Å². The van der Waals surface area contributed by atoms with Gasteiger partial charge in [-0.3, -0.25) is 0 Å². The molecule has 0 atom stereocenters. The fraction of sp³-hybridized carbons (Fsp3) is 0. The fourth-order valence-electron chi connectivity index (χ4n) is 7.36. The first-order valence-corrected chi connectivity index (χ1v) is 18.4. The first-order chi connectivity index (χ1) is 27.3. The number of nitrogens with zero attached hydrogens (tertiary/aromatic N) is 5. The Kier molecular flexibility index (Phi) is 8.08. The molecule has 5 nitrogen and oxygen atoms in total. The van der Waals surface area contributed by atoms with Gasteiger partial charge in [-0.2, -0.15) is 5.10 Å². The number of aromatic nitrogens is 5. The molecule has 0 unspecified atom stereocenters. The van der Waals surface area contributed by atoms with E-state index in [4.69, 9.17) is 20.1 Å². The van der Waals surface area contributed by atoms with Crippen LogP contribution < -0.4 is 0 Å². The highest BCUT2D eigenvalue weighted by Crippen LogP contribution is 2.42. The predicted octanol–water partition coefficient (Wildman–Crippen LogP) is 12.3. The molecule has 0 amide bonds. The predicted molar refractivity (Wildman–Crippen MR) is 224 cm³/mol. The normalized spacial score (nSPS) is 11.3. The molecule has 3 heterocycles. The molecule has 0 fully saturated rings. The van der Waals surface area contributed by atoms with Gasteiger partial charge in [0.1, 0.15) is 5.69 Å². The molecule has 0 radical (unpaired) electrons. The molecule has 0 aliphatic heterocycles. The summed E-state index contributed by atoms with van der Waals surface area (Å²) < 4.78 is 2.12. The zero-order valence-corrected chi connectivity index (χ0v) is 29.8. The van der Waals surface area contributed by atoms with Crippen molar-refractivity contribution in [2.24, 2.45) is 0 Å². The van der Waals surface area contributed by atoms with Crippen LogP contribution in [0.2, 0.25) is 0 Å². The molecular formula is C50H33N5. The van der Waals surface area contributed by atoms with E-state index in [1.807, 2.05) is 48.5 Å². The SMILES string of the molecule is c1ccc(-c2ccc(-c3nc(-c4ccccc4)nc(-c4ccc5cc(-c6ccccc6)n6nc(-c7ccccc7)c(-c7ccccc7)c6c5c4)n3)cc2)cc1. The number of hydrogen-bond acceptors (Lipinski definition) is 4. The van der Waals surface area contributed by atoms with E-state index >= 15 is 0 Å². The van der Waals surface area contributed by atoms with Gasteiger partial charge in [-0.1, -0.05) is 188 Å². The lowest BCUT2D eigenvalue weighted by atomic mass is 9.96. The van der Waals surface area contributed by atoms with E-state index in [2.05, 4.69) is 156 Å². The van der Waals surface area contributed by atoms with Gasteiger partial charge in [0.05, 0.1) is 11.2 Å². The Morgan fingerprint density at radius 2 is 0.745 bits per heavy atom. The van der Waals surface area contributed by atoms with Crippen LogP contribution in [-0.4, -0.2) is 24.6 Å². The number of benzene rings is 7. The minimum atomic E-state index is 0.604.